The highest BCUT2D eigenvalue weighted by Gasteiger charge is 2.28. The van der Waals surface area contributed by atoms with Crippen LogP contribution in [-0.2, 0) is 5.41 Å². The van der Waals surface area contributed by atoms with E-state index in [9.17, 15) is 5.11 Å². The van der Waals surface area contributed by atoms with E-state index in [0.29, 0.717) is 12.4 Å². The van der Waals surface area contributed by atoms with Gasteiger partial charge in [-0.3, -0.25) is 4.90 Å². The first-order valence-electron chi connectivity index (χ1n) is 6.64. The van der Waals surface area contributed by atoms with Crippen LogP contribution in [-0.4, -0.2) is 39.3 Å². The predicted molar refractivity (Wildman–Crippen MR) is 68.2 cm³/mol. The molecule has 0 unspecified atom stereocenters. The summed E-state index contributed by atoms with van der Waals surface area (Å²) in [7, 11) is 0. The zero-order chi connectivity index (χ0) is 13.3. The fourth-order valence-electron chi connectivity index (χ4n) is 2.20. The van der Waals surface area contributed by atoms with Crippen molar-refractivity contribution in [3.05, 3.63) is 11.7 Å². The molecule has 0 aliphatic carbocycles. The number of aromatic nitrogens is 2. The fourth-order valence-corrected chi connectivity index (χ4v) is 2.20. The van der Waals surface area contributed by atoms with Gasteiger partial charge in [0.2, 0.25) is 5.89 Å². The molecular weight excluding hydrogens is 230 g/mol. The summed E-state index contributed by atoms with van der Waals surface area (Å²) < 4.78 is 5.36. The molecule has 1 aromatic heterocycles. The van der Waals surface area contributed by atoms with Crippen molar-refractivity contribution in [2.75, 3.05) is 13.1 Å². The molecular formula is C13H23N3O2. The van der Waals surface area contributed by atoms with Crippen LogP contribution in [0.5, 0.6) is 0 Å². The lowest BCUT2D eigenvalue weighted by molar-refractivity contribution is 0.0422. The highest BCUT2D eigenvalue weighted by Crippen LogP contribution is 2.25. The molecule has 1 fully saturated rings. The predicted octanol–water partition coefficient (Wildman–Crippen LogP) is 1.88. The summed E-state index contributed by atoms with van der Waals surface area (Å²) in [6.45, 7) is 9.92. The topological polar surface area (TPSA) is 62.4 Å². The van der Waals surface area contributed by atoms with Gasteiger partial charge in [0.15, 0.2) is 5.82 Å². The Balaban J connectivity index is 2.09. The van der Waals surface area contributed by atoms with Crippen LogP contribution >= 0.6 is 0 Å². The summed E-state index contributed by atoms with van der Waals surface area (Å²) in [6, 6.07) is 0.0727. The van der Waals surface area contributed by atoms with E-state index >= 15 is 0 Å². The van der Waals surface area contributed by atoms with Gasteiger partial charge in [0, 0.05) is 12.0 Å². The molecule has 1 aromatic rings. The van der Waals surface area contributed by atoms with Gasteiger partial charge in [-0.25, -0.2) is 0 Å². The Morgan fingerprint density at radius 1 is 1.44 bits per heavy atom. The minimum atomic E-state index is -0.230. The highest BCUT2D eigenvalue weighted by molar-refractivity contribution is 5.02. The van der Waals surface area contributed by atoms with Gasteiger partial charge in [-0.2, -0.15) is 4.98 Å². The number of hydrogen-bond acceptors (Lipinski definition) is 5. The van der Waals surface area contributed by atoms with Crippen molar-refractivity contribution in [2.45, 2.75) is 58.1 Å². The van der Waals surface area contributed by atoms with Crippen molar-refractivity contribution in [1.29, 1.82) is 0 Å². The van der Waals surface area contributed by atoms with Gasteiger partial charge >= 0.3 is 0 Å². The number of β-amino-alcohol motifs (C(OH)–C–C–N with tert-alkyl or cyclic N) is 1. The van der Waals surface area contributed by atoms with Crippen LogP contribution in [0.2, 0.25) is 0 Å². The minimum absolute atomic E-state index is 0.0727. The second kappa shape index (κ2) is 4.97. The Morgan fingerprint density at radius 2 is 2.17 bits per heavy atom. The van der Waals surface area contributed by atoms with E-state index in [4.69, 9.17) is 4.52 Å². The summed E-state index contributed by atoms with van der Waals surface area (Å²) in [6.07, 6.45) is 1.68. The van der Waals surface area contributed by atoms with Crippen LogP contribution in [0.4, 0.5) is 0 Å². The summed E-state index contributed by atoms with van der Waals surface area (Å²) >= 11 is 0. The van der Waals surface area contributed by atoms with Crippen molar-refractivity contribution in [1.82, 2.24) is 15.0 Å². The van der Waals surface area contributed by atoms with E-state index in [1.54, 1.807) is 0 Å². The quantitative estimate of drug-likeness (QED) is 0.872. The highest BCUT2D eigenvalue weighted by atomic mass is 16.5. The van der Waals surface area contributed by atoms with Gasteiger partial charge in [0.25, 0.3) is 0 Å². The number of likely N-dealkylation sites (tertiary alicyclic amines) is 1. The van der Waals surface area contributed by atoms with Gasteiger partial charge in [0.05, 0.1) is 12.1 Å². The number of nitrogens with zero attached hydrogens (tertiary/aromatic N) is 3. The molecule has 0 amide bonds. The zero-order valence-electron chi connectivity index (χ0n) is 11.7. The third kappa shape index (κ3) is 2.90. The van der Waals surface area contributed by atoms with E-state index in [0.717, 1.165) is 25.2 Å². The van der Waals surface area contributed by atoms with Crippen molar-refractivity contribution < 1.29 is 9.63 Å². The Labute approximate surface area is 108 Å². The molecule has 102 valence electrons. The number of aliphatic hydroxyl groups excluding tert-OH is 1. The van der Waals surface area contributed by atoms with Gasteiger partial charge in [-0.05, 0) is 26.3 Å². The average Bonchev–Trinajstić information content (AvgIpc) is 2.77. The van der Waals surface area contributed by atoms with E-state index in [2.05, 4.69) is 42.7 Å². The maximum Gasteiger partial charge on any atom is 0.243 e. The van der Waals surface area contributed by atoms with Crippen LogP contribution in [0.1, 0.15) is 58.3 Å². The molecule has 0 saturated carbocycles. The molecule has 0 aromatic carbocycles. The SMILES string of the molecule is C[C@@H](c1nc(C(C)(C)C)no1)N1CCC[C@@H](O)C1. The Bertz CT molecular complexity index is 397. The first kappa shape index (κ1) is 13.5. The van der Waals surface area contributed by atoms with Crippen molar-refractivity contribution in [3.63, 3.8) is 0 Å². The molecule has 1 N–H and O–H groups in total. The maximum atomic E-state index is 9.70. The summed E-state index contributed by atoms with van der Waals surface area (Å²) in [5.41, 5.74) is -0.0944. The number of hydrogen-bond donors (Lipinski definition) is 1. The van der Waals surface area contributed by atoms with E-state index in [-0.39, 0.29) is 17.6 Å². The monoisotopic (exact) mass is 253 g/mol. The van der Waals surface area contributed by atoms with Gasteiger partial charge < -0.3 is 9.63 Å². The zero-order valence-corrected chi connectivity index (χ0v) is 11.7. The van der Waals surface area contributed by atoms with Crippen LogP contribution < -0.4 is 0 Å². The molecule has 1 saturated heterocycles. The molecule has 0 radical (unpaired) electrons. The fraction of sp³-hybridized carbons (Fsp3) is 0.846. The summed E-state index contributed by atoms with van der Waals surface area (Å²) in [4.78, 5) is 6.68. The lowest BCUT2D eigenvalue weighted by Gasteiger charge is -2.32. The Kier molecular flexibility index (Phi) is 3.73. The molecule has 0 bridgehead atoms. The number of piperidine rings is 1. The van der Waals surface area contributed by atoms with Gasteiger partial charge in [-0.1, -0.05) is 25.9 Å². The van der Waals surface area contributed by atoms with Crippen LogP contribution in [0, 0.1) is 0 Å². The minimum Gasteiger partial charge on any atom is -0.392 e. The lowest BCUT2D eigenvalue weighted by Crippen LogP contribution is -2.39. The molecule has 18 heavy (non-hydrogen) atoms. The van der Waals surface area contributed by atoms with Crippen molar-refractivity contribution in [2.24, 2.45) is 0 Å². The Hall–Kier alpha value is -0.940. The summed E-state index contributed by atoms with van der Waals surface area (Å²) in [5.74, 6) is 1.39. The summed E-state index contributed by atoms with van der Waals surface area (Å²) in [5, 5.41) is 13.7. The van der Waals surface area contributed by atoms with Crippen molar-refractivity contribution >= 4 is 0 Å². The second-order valence-corrected chi connectivity index (χ2v) is 6.17. The number of aliphatic hydroxyl groups is 1. The molecule has 5 heteroatoms. The first-order valence-corrected chi connectivity index (χ1v) is 6.64. The van der Waals surface area contributed by atoms with Crippen LogP contribution in [0.15, 0.2) is 4.52 Å². The van der Waals surface area contributed by atoms with E-state index in [1.807, 2.05) is 0 Å². The van der Waals surface area contributed by atoms with E-state index < -0.39 is 0 Å². The number of rotatable bonds is 2. The first-order chi connectivity index (χ1) is 8.38. The average molecular weight is 253 g/mol. The van der Waals surface area contributed by atoms with Crippen molar-refractivity contribution in [3.8, 4) is 0 Å². The van der Waals surface area contributed by atoms with Gasteiger partial charge in [-0.15, -0.1) is 0 Å². The Morgan fingerprint density at radius 3 is 2.72 bits per heavy atom. The van der Waals surface area contributed by atoms with Crippen LogP contribution in [0.3, 0.4) is 0 Å². The molecule has 2 heterocycles. The largest absolute Gasteiger partial charge is 0.392 e. The lowest BCUT2D eigenvalue weighted by atomic mass is 9.96. The normalized spacial score (nSPS) is 24.2. The molecule has 1 aliphatic rings. The third-order valence-electron chi connectivity index (χ3n) is 3.45. The maximum absolute atomic E-state index is 9.70. The second-order valence-electron chi connectivity index (χ2n) is 6.17. The van der Waals surface area contributed by atoms with Gasteiger partial charge in [0.1, 0.15) is 0 Å². The molecule has 2 rings (SSSR count). The molecule has 1 aliphatic heterocycles. The molecule has 0 spiro atoms. The smallest absolute Gasteiger partial charge is 0.243 e. The standard InChI is InChI=1S/C13H23N3O2/c1-9(16-7-5-6-10(17)8-16)11-14-12(15-18-11)13(2,3)4/h9-10,17H,5-8H2,1-4H3/t9-,10+/m0/s1. The van der Waals surface area contributed by atoms with Crippen LogP contribution in [0.25, 0.3) is 0 Å². The van der Waals surface area contributed by atoms with E-state index in [1.165, 1.54) is 0 Å². The third-order valence-corrected chi connectivity index (χ3v) is 3.45. The molecule has 2 atom stereocenters. The molecule has 5 nitrogen and oxygen atoms in total.